The number of aryl methyl sites for hydroxylation is 1. The molecule has 0 saturated heterocycles. The van der Waals surface area contributed by atoms with E-state index in [0.29, 0.717) is 10.9 Å². The van der Waals surface area contributed by atoms with Gasteiger partial charge in [-0.25, -0.2) is 4.98 Å². The Morgan fingerprint density at radius 1 is 1.29 bits per heavy atom. The second-order valence-corrected chi connectivity index (χ2v) is 6.36. The van der Waals surface area contributed by atoms with Gasteiger partial charge in [0.15, 0.2) is 11.6 Å². The number of nitrogens with zero attached hydrogens (tertiary/aromatic N) is 2. The third-order valence-corrected chi connectivity index (χ3v) is 4.72. The van der Waals surface area contributed by atoms with Crippen LogP contribution in [-0.4, -0.2) is 26.7 Å². The van der Waals surface area contributed by atoms with Crippen LogP contribution in [0.4, 0.5) is 0 Å². The average Bonchev–Trinajstić information content (AvgIpc) is 3.16. The molecule has 1 aromatic carbocycles. The van der Waals surface area contributed by atoms with Crippen molar-refractivity contribution in [2.75, 3.05) is 5.75 Å². The molecule has 106 valence electrons. The largest absolute Gasteiger partial charge is 0.293 e. The number of rotatable bonds is 5. The summed E-state index contributed by atoms with van der Waals surface area (Å²) in [5.74, 6) is 1.18. The van der Waals surface area contributed by atoms with Crippen LogP contribution in [-0.2, 0) is 0 Å². The zero-order valence-corrected chi connectivity index (χ0v) is 13.0. The molecule has 2 heterocycles. The van der Waals surface area contributed by atoms with Gasteiger partial charge < -0.3 is 0 Å². The second-order valence-electron chi connectivity index (χ2n) is 4.47. The molecule has 0 aliphatic carbocycles. The summed E-state index contributed by atoms with van der Waals surface area (Å²) in [5, 5.41) is 9.63. The van der Waals surface area contributed by atoms with Crippen molar-refractivity contribution in [3.63, 3.8) is 0 Å². The van der Waals surface area contributed by atoms with Crippen LogP contribution in [0.2, 0.25) is 0 Å². The molecule has 0 fully saturated rings. The van der Waals surface area contributed by atoms with Crippen LogP contribution in [0.15, 0.2) is 46.9 Å². The Bertz CT molecular complexity index is 750. The minimum atomic E-state index is 0.0978. The minimum Gasteiger partial charge on any atom is -0.293 e. The molecule has 3 rings (SSSR count). The van der Waals surface area contributed by atoms with Crippen molar-refractivity contribution in [2.45, 2.75) is 12.1 Å². The number of thiophene rings is 1. The Balaban J connectivity index is 1.66. The van der Waals surface area contributed by atoms with E-state index in [4.69, 9.17) is 0 Å². The van der Waals surface area contributed by atoms with E-state index in [1.165, 1.54) is 11.8 Å². The molecule has 6 heteroatoms. The predicted octanol–water partition coefficient (Wildman–Crippen LogP) is 3.82. The van der Waals surface area contributed by atoms with Crippen LogP contribution in [0.25, 0.3) is 10.7 Å². The van der Waals surface area contributed by atoms with Crippen LogP contribution < -0.4 is 0 Å². The van der Waals surface area contributed by atoms with E-state index in [2.05, 4.69) is 15.2 Å². The van der Waals surface area contributed by atoms with E-state index in [1.807, 2.05) is 48.7 Å². The third kappa shape index (κ3) is 3.22. The maximum Gasteiger partial charge on any atom is 0.209 e. The van der Waals surface area contributed by atoms with Gasteiger partial charge in [0.25, 0.3) is 0 Å². The fourth-order valence-corrected chi connectivity index (χ4v) is 3.27. The van der Waals surface area contributed by atoms with E-state index < -0.39 is 0 Å². The summed E-state index contributed by atoms with van der Waals surface area (Å²) in [7, 11) is 0. The molecule has 0 amide bonds. The summed E-state index contributed by atoms with van der Waals surface area (Å²) in [4.78, 5) is 17.6. The molecule has 0 aliphatic rings. The first kappa shape index (κ1) is 14.0. The van der Waals surface area contributed by atoms with Gasteiger partial charge in [-0.3, -0.25) is 9.89 Å². The molecular formula is C15H13N3OS2. The van der Waals surface area contributed by atoms with E-state index in [1.54, 1.807) is 11.3 Å². The zero-order valence-electron chi connectivity index (χ0n) is 11.4. The minimum absolute atomic E-state index is 0.0978. The number of benzene rings is 1. The fourth-order valence-electron chi connectivity index (χ4n) is 1.93. The number of thioether (sulfide) groups is 1. The Morgan fingerprint density at radius 2 is 2.14 bits per heavy atom. The monoisotopic (exact) mass is 315 g/mol. The molecule has 0 aliphatic heterocycles. The number of nitrogens with one attached hydrogen (secondary N) is 1. The number of carbonyl (C=O) groups is 1. The lowest BCUT2D eigenvalue weighted by Gasteiger charge is -2.02. The molecule has 4 nitrogen and oxygen atoms in total. The Labute approximate surface area is 130 Å². The van der Waals surface area contributed by atoms with Gasteiger partial charge in [0.05, 0.1) is 10.6 Å². The number of carbonyl (C=O) groups excluding carboxylic acids is 1. The number of Topliss-reactive ketones (excluding diaryl/α,β-unsaturated/α-hetero) is 1. The van der Waals surface area contributed by atoms with Crippen molar-refractivity contribution in [3.8, 4) is 10.7 Å². The summed E-state index contributed by atoms with van der Waals surface area (Å²) in [6.45, 7) is 1.94. The molecule has 1 N–H and O–H groups in total. The van der Waals surface area contributed by atoms with Crippen molar-refractivity contribution in [3.05, 3.63) is 52.9 Å². The molecule has 0 bridgehead atoms. The fraction of sp³-hybridized carbons (Fsp3) is 0.133. The standard InChI is InChI=1S/C15H13N3OS2/c1-10-5-2-3-6-11(10)12(19)9-21-15-16-14(17-18-15)13-7-4-8-20-13/h2-8H,9H2,1H3,(H,16,17,18). The molecule has 2 aromatic heterocycles. The quantitative estimate of drug-likeness (QED) is 0.574. The van der Waals surface area contributed by atoms with Gasteiger partial charge in [-0.05, 0) is 23.9 Å². The van der Waals surface area contributed by atoms with Crippen LogP contribution >= 0.6 is 23.1 Å². The van der Waals surface area contributed by atoms with E-state index in [9.17, 15) is 4.79 Å². The van der Waals surface area contributed by atoms with Crippen LogP contribution in [0, 0.1) is 6.92 Å². The van der Waals surface area contributed by atoms with E-state index in [0.717, 1.165) is 21.8 Å². The zero-order chi connectivity index (χ0) is 14.7. The lowest BCUT2D eigenvalue weighted by Crippen LogP contribution is -2.04. The summed E-state index contributed by atoms with van der Waals surface area (Å²) >= 11 is 2.95. The molecule has 3 aromatic rings. The lowest BCUT2D eigenvalue weighted by atomic mass is 10.1. The van der Waals surface area contributed by atoms with Crippen LogP contribution in [0.5, 0.6) is 0 Å². The summed E-state index contributed by atoms with van der Waals surface area (Å²) in [5.41, 5.74) is 1.76. The van der Waals surface area contributed by atoms with Crippen molar-refractivity contribution < 1.29 is 4.79 Å². The number of ketones is 1. The Kier molecular flexibility index (Phi) is 4.17. The highest BCUT2D eigenvalue weighted by atomic mass is 32.2. The lowest BCUT2D eigenvalue weighted by molar-refractivity contribution is 0.102. The highest BCUT2D eigenvalue weighted by Gasteiger charge is 2.12. The van der Waals surface area contributed by atoms with Crippen LogP contribution in [0.1, 0.15) is 15.9 Å². The highest BCUT2D eigenvalue weighted by molar-refractivity contribution is 7.99. The van der Waals surface area contributed by atoms with E-state index in [-0.39, 0.29) is 5.78 Å². The first-order valence-corrected chi connectivity index (χ1v) is 8.28. The van der Waals surface area contributed by atoms with Crippen molar-refractivity contribution in [2.24, 2.45) is 0 Å². The highest BCUT2D eigenvalue weighted by Crippen LogP contribution is 2.23. The summed E-state index contributed by atoms with van der Waals surface area (Å²) in [6, 6.07) is 11.6. The average molecular weight is 315 g/mol. The van der Waals surface area contributed by atoms with Gasteiger partial charge in [-0.1, -0.05) is 42.1 Å². The van der Waals surface area contributed by atoms with Crippen molar-refractivity contribution in [1.29, 1.82) is 0 Å². The van der Waals surface area contributed by atoms with Crippen LogP contribution in [0.3, 0.4) is 0 Å². The third-order valence-electron chi connectivity index (χ3n) is 3.00. The van der Waals surface area contributed by atoms with Gasteiger partial charge in [0.2, 0.25) is 5.16 Å². The molecule has 0 radical (unpaired) electrons. The molecule has 0 atom stereocenters. The normalized spacial score (nSPS) is 10.7. The van der Waals surface area contributed by atoms with Gasteiger partial charge in [0, 0.05) is 5.56 Å². The van der Waals surface area contributed by atoms with Gasteiger partial charge in [0.1, 0.15) is 0 Å². The smallest absolute Gasteiger partial charge is 0.209 e. The Hall–Kier alpha value is -1.92. The molecule has 0 saturated carbocycles. The number of hydrogen-bond donors (Lipinski definition) is 1. The van der Waals surface area contributed by atoms with E-state index >= 15 is 0 Å². The first-order chi connectivity index (χ1) is 10.2. The number of hydrogen-bond acceptors (Lipinski definition) is 5. The summed E-state index contributed by atoms with van der Waals surface area (Å²) in [6.07, 6.45) is 0. The number of aromatic amines is 1. The number of H-pyrrole nitrogens is 1. The maximum absolute atomic E-state index is 12.2. The van der Waals surface area contributed by atoms with Crippen molar-refractivity contribution in [1.82, 2.24) is 15.2 Å². The maximum atomic E-state index is 12.2. The topological polar surface area (TPSA) is 58.6 Å². The predicted molar refractivity (Wildman–Crippen MR) is 85.9 cm³/mol. The summed E-state index contributed by atoms with van der Waals surface area (Å²) < 4.78 is 0. The number of aromatic nitrogens is 3. The molecule has 0 unspecified atom stereocenters. The second kappa shape index (κ2) is 6.24. The Morgan fingerprint density at radius 3 is 2.90 bits per heavy atom. The first-order valence-electron chi connectivity index (χ1n) is 6.42. The van der Waals surface area contributed by atoms with Gasteiger partial charge >= 0.3 is 0 Å². The molecule has 0 spiro atoms. The molecule has 21 heavy (non-hydrogen) atoms. The SMILES string of the molecule is Cc1ccccc1C(=O)CSc1n[nH]c(-c2cccs2)n1. The van der Waals surface area contributed by atoms with Gasteiger partial charge in [-0.2, -0.15) is 0 Å². The van der Waals surface area contributed by atoms with Crippen molar-refractivity contribution >= 4 is 28.9 Å². The molecular weight excluding hydrogens is 302 g/mol. The van der Waals surface area contributed by atoms with Gasteiger partial charge in [-0.15, -0.1) is 16.4 Å².